The molecule has 2 aliphatic heterocycles. The van der Waals surface area contributed by atoms with E-state index in [0.29, 0.717) is 17.3 Å². The zero-order valence-corrected chi connectivity index (χ0v) is 17.3. The van der Waals surface area contributed by atoms with E-state index < -0.39 is 11.9 Å². The van der Waals surface area contributed by atoms with Gasteiger partial charge in [0, 0.05) is 12.0 Å². The van der Waals surface area contributed by atoms with Crippen LogP contribution in [0.25, 0.3) is 0 Å². The molecule has 3 fully saturated rings. The summed E-state index contributed by atoms with van der Waals surface area (Å²) in [7, 11) is 0. The maximum Gasteiger partial charge on any atom is 0.338 e. The summed E-state index contributed by atoms with van der Waals surface area (Å²) in [6.07, 6.45) is 8.59. The van der Waals surface area contributed by atoms with E-state index in [1.165, 1.54) is 12.8 Å². The first-order chi connectivity index (χ1) is 12.6. The van der Waals surface area contributed by atoms with Crippen molar-refractivity contribution in [3.05, 3.63) is 35.8 Å². The summed E-state index contributed by atoms with van der Waals surface area (Å²) >= 11 is 0. The third kappa shape index (κ3) is 2.75. The molecule has 2 heterocycles. The lowest BCUT2D eigenvalue weighted by Crippen LogP contribution is -2.56. The molecule has 2 unspecified atom stereocenters. The highest BCUT2D eigenvalue weighted by atomic mass is 16.7. The molecule has 4 aliphatic rings. The van der Waals surface area contributed by atoms with Gasteiger partial charge in [-0.05, 0) is 61.9 Å². The highest BCUT2D eigenvalue weighted by Crippen LogP contribution is 2.66. The number of esters is 1. The van der Waals surface area contributed by atoms with Crippen LogP contribution >= 0.6 is 0 Å². The van der Waals surface area contributed by atoms with Gasteiger partial charge in [0.05, 0.1) is 11.8 Å². The van der Waals surface area contributed by atoms with Gasteiger partial charge < -0.3 is 14.2 Å². The van der Waals surface area contributed by atoms with Gasteiger partial charge in [0.2, 0.25) is 0 Å². The Kier molecular flexibility index (Phi) is 4.07. The van der Waals surface area contributed by atoms with Gasteiger partial charge in [0.1, 0.15) is 11.4 Å². The molecule has 0 radical (unpaired) electrons. The first-order valence-corrected chi connectivity index (χ1v) is 10.2. The Morgan fingerprint density at radius 3 is 2.63 bits per heavy atom. The van der Waals surface area contributed by atoms with Crippen LogP contribution in [0.2, 0.25) is 0 Å². The van der Waals surface area contributed by atoms with Crippen LogP contribution in [-0.2, 0) is 19.0 Å². The molecule has 2 saturated carbocycles. The minimum atomic E-state index is -0.514. The average molecular weight is 373 g/mol. The summed E-state index contributed by atoms with van der Waals surface area (Å²) in [5, 5.41) is 0. The van der Waals surface area contributed by atoms with Gasteiger partial charge in [0.25, 0.3) is 6.29 Å². The minimum Gasteiger partial charge on any atom is -0.458 e. The maximum absolute atomic E-state index is 12.8. The zero-order valence-electron chi connectivity index (χ0n) is 17.3. The molecule has 27 heavy (non-hydrogen) atoms. The summed E-state index contributed by atoms with van der Waals surface area (Å²) in [6, 6.07) is 0. The van der Waals surface area contributed by atoms with Gasteiger partial charge in [-0.3, -0.25) is 0 Å². The number of fused-ring (bicyclic) bond motifs is 3. The third-order valence-corrected chi connectivity index (χ3v) is 7.76. The van der Waals surface area contributed by atoms with Crippen molar-refractivity contribution in [3.8, 4) is 0 Å². The van der Waals surface area contributed by atoms with Crippen LogP contribution in [0.15, 0.2) is 35.8 Å². The van der Waals surface area contributed by atoms with E-state index in [0.717, 1.165) is 24.8 Å². The number of allylic oxidation sites excluding steroid dienone is 1. The molecule has 5 atom stereocenters. The predicted octanol–water partition coefficient (Wildman–Crippen LogP) is 5.26. The second-order valence-corrected chi connectivity index (χ2v) is 10.0. The standard InChI is InChI=1S/C23H32O4/c1-14-12-18(26-15(14)2)25-13-16-19-22(5)10-7-9-21(3,4)17(22)8-11-23(19,6)27-20(16)24/h12-13,17-19H,2,7-11H2,1,3-6H3/b16-13-/t17?,18?,19-,22+,23-/m1/s1. The van der Waals surface area contributed by atoms with Crippen LogP contribution in [0, 0.1) is 22.7 Å². The minimum absolute atomic E-state index is 0.0436. The summed E-state index contributed by atoms with van der Waals surface area (Å²) < 4.78 is 17.4. The van der Waals surface area contributed by atoms with E-state index in [-0.39, 0.29) is 22.7 Å². The highest BCUT2D eigenvalue weighted by Gasteiger charge is 2.65. The molecule has 0 aromatic carbocycles. The van der Waals surface area contributed by atoms with E-state index in [1.807, 2.05) is 13.0 Å². The van der Waals surface area contributed by atoms with Gasteiger partial charge in [-0.2, -0.15) is 0 Å². The Balaban J connectivity index is 1.67. The van der Waals surface area contributed by atoms with E-state index in [2.05, 4.69) is 34.3 Å². The van der Waals surface area contributed by atoms with Crippen molar-refractivity contribution in [2.45, 2.75) is 78.6 Å². The smallest absolute Gasteiger partial charge is 0.338 e. The SMILES string of the molecule is C=C1OC(O/C=C2\C(=O)O[C@]3(C)CCC4C(C)(C)CCC[C@]4(C)[C@@H]23)C=C1C. The van der Waals surface area contributed by atoms with Crippen LogP contribution in [-0.4, -0.2) is 17.9 Å². The molecule has 4 heteroatoms. The van der Waals surface area contributed by atoms with Crippen molar-refractivity contribution < 1.29 is 19.0 Å². The summed E-state index contributed by atoms with van der Waals surface area (Å²) in [5.74, 6) is 1.03. The second-order valence-electron chi connectivity index (χ2n) is 10.0. The Bertz CT molecular complexity index is 745. The van der Waals surface area contributed by atoms with Crippen LogP contribution in [0.1, 0.15) is 66.7 Å². The molecular weight excluding hydrogens is 340 g/mol. The highest BCUT2D eigenvalue weighted by molar-refractivity contribution is 5.92. The zero-order chi connectivity index (χ0) is 19.6. The predicted molar refractivity (Wildman–Crippen MR) is 103 cm³/mol. The molecule has 1 saturated heterocycles. The number of hydrogen-bond acceptors (Lipinski definition) is 4. The van der Waals surface area contributed by atoms with Crippen molar-refractivity contribution in [3.63, 3.8) is 0 Å². The number of rotatable bonds is 2. The van der Waals surface area contributed by atoms with Crippen LogP contribution in [0.5, 0.6) is 0 Å². The van der Waals surface area contributed by atoms with Gasteiger partial charge in [-0.25, -0.2) is 4.79 Å². The molecular formula is C23H32O4. The van der Waals surface area contributed by atoms with E-state index in [1.54, 1.807) is 6.26 Å². The summed E-state index contributed by atoms with van der Waals surface area (Å²) in [5.41, 5.74) is 1.54. The normalized spacial score (nSPS) is 44.3. The van der Waals surface area contributed by atoms with Crippen LogP contribution in [0.3, 0.4) is 0 Å². The van der Waals surface area contributed by atoms with Gasteiger partial charge in [0.15, 0.2) is 0 Å². The molecule has 4 rings (SSSR count). The number of carbonyl (C=O) groups is 1. The quantitative estimate of drug-likeness (QED) is 0.377. The Morgan fingerprint density at radius 2 is 1.96 bits per heavy atom. The van der Waals surface area contributed by atoms with Crippen LogP contribution < -0.4 is 0 Å². The summed E-state index contributed by atoms with van der Waals surface area (Å²) in [6.45, 7) is 15.1. The molecule has 0 aromatic heterocycles. The van der Waals surface area contributed by atoms with Crippen molar-refractivity contribution >= 4 is 5.97 Å². The molecule has 0 bridgehead atoms. The first-order valence-electron chi connectivity index (χ1n) is 10.2. The summed E-state index contributed by atoms with van der Waals surface area (Å²) in [4.78, 5) is 12.8. The fraction of sp³-hybridized carbons (Fsp3) is 0.696. The lowest BCUT2D eigenvalue weighted by molar-refractivity contribution is -0.164. The van der Waals surface area contributed by atoms with E-state index >= 15 is 0 Å². The Morgan fingerprint density at radius 1 is 1.22 bits per heavy atom. The fourth-order valence-corrected chi connectivity index (χ4v) is 6.58. The van der Waals surface area contributed by atoms with Crippen molar-refractivity contribution in [2.75, 3.05) is 0 Å². The van der Waals surface area contributed by atoms with E-state index in [4.69, 9.17) is 14.2 Å². The molecule has 0 spiro atoms. The number of carbonyl (C=O) groups excluding carboxylic acids is 1. The molecule has 0 aromatic rings. The lowest BCUT2D eigenvalue weighted by atomic mass is 9.45. The van der Waals surface area contributed by atoms with E-state index in [9.17, 15) is 4.79 Å². The Hall–Kier alpha value is -1.71. The van der Waals surface area contributed by atoms with Crippen molar-refractivity contribution in [2.24, 2.45) is 22.7 Å². The van der Waals surface area contributed by atoms with Gasteiger partial charge in [-0.15, -0.1) is 0 Å². The third-order valence-electron chi connectivity index (χ3n) is 7.76. The van der Waals surface area contributed by atoms with Crippen molar-refractivity contribution in [1.29, 1.82) is 0 Å². The lowest BCUT2D eigenvalue weighted by Gasteiger charge is -2.59. The molecule has 2 aliphatic carbocycles. The maximum atomic E-state index is 12.8. The molecule has 148 valence electrons. The average Bonchev–Trinajstić information content (AvgIpc) is 3.00. The fourth-order valence-electron chi connectivity index (χ4n) is 6.58. The molecule has 4 nitrogen and oxygen atoms in total. The van der Waals surface area contributed by atoms with Crippen molar-refractivity contribution in [1.82, 2.24) is 0 Å². The molecule has 0 N–H and O–H groups in total. The monoisotopic (exact) mass is 372 g/mol. The Labute approximate surface area is 162 Å². The van der Waals surface area contributed by atoms with Crippen LogP contribution in [0.4, 0.5) is 0 Å². The number of hydrogen-bond donors (Lipinski definition) is 0. The second kappa shape index (κ2) is 5.89. The largest absolute Gasteiger partial charge is 0.458 e. The van der Waals surface area contributed by atoms with Gasteiger partial charge in [-0.1, -0.05) is 33.8 Å². The first kappa shape index (κ1) is 18.6. The molecule has 0 amide bonds. The topological polar surface area (TPSA) is 44.8 Å². The van der Waals surface area contributed by atoms with Gasteiger partial charge >= 0.3 is 5.97 Å². The number of ether oxygens (including phenoxy) is 3.